The molecule has 0 fully saturated rings. The second-order valence-corrected chi connectivity index (χ2v) is 4.73. The lowest BCUT2D eigenvalue weighted by Crippen LogP contribution is -1.93. The average Bonchev–Trinajstić information content (AvgIpc) is 2.94. The minimum atomic E-state index is 0.638. The molecule has 4 rings (SSSR count). The average molecular weight is 266 g/mol. The molecule has 0 unspecified atom stereocenters. The van der Waals surface area contributed by atoms with Crippen molar-refractivity contribution in [3.63, 3.8) is 0 Å². The first kappa shape index (κ1) is 10.5. The molecular formula is C14H10N4S. The molecule has 0 spiro atoms. The van der Waals surface area contributed by atoms with Gasteiger partial charge >= 0.3 is 0 Å². The summed E-state index contributed by atoms with van der Waals surface area (Å²) >= 11 is 5.40. The second-order valence-electron chi connectivity index (χ2n) is 4.34. The lowest BCUT2D eigenvalue weighted by Gasteiger charge is -2.02. The Morgan fingerprint density at radius 3 is 2.53 bits per heavy atom. The van der Waals surface area contributed by atoms with Gasteiger partial charge in [0.25, 0.3) is 0 Å². The molecule has 1 N–H and O–H groups in total. The van der Waals surface area contributed by atoms with Crippen molar-refractivity contribution in [1.82, 2.24) is 19.4 Å². The number of rotatable bonds is 1. The molecule has 0 aliphatic rings. The Morgan fingerprint density at radius 1 is 0.947 bits per heavy atom. The summed E-state index contributed by atoms with van der Waals surface area (Å²) in [4.78, 5) is 0. The highest BCUT2D eigenvalue weighted by Crippen LogP contribution is 2.22. The highest BCUT2D eigenvalue weighted by molar-refractivity contribution is 7.71. The van der Waals surface area contributed by atoms with Crippen molar-refractivity contribution in [2.45, 2.75) is 0 Å². The molecule has 4 nitrogen and oxygen atoms in total. The third kappa shape index (κ3) is 1.45. The van der Waals surface area contributed by atoms with Crippen molar-refractivity contribution >= 4 is 28.8 Å². The maximum absolute atomic E-state index is 5.40. The van der Waals surface area contributed by atoms with E-state index in [-0.39, 0.29) is 0 Å². The van der Waals surface area contributed by atoms with Gasteiger partial charge < -0.3 is 0 Å². The second kappa shape index (κ2) is 3.80. The molecule has 0 saturated carbocycles. The van der Waals surface area contributed by atoms with Crippen LogP contribution in [0.15, 0.2) is 54.6 Å². The van der Waals surface area contributed by atoms with Gasteiger partial charge in [-0.3, -0.25) is 9.67 Å². The normalized spacial score (nSPS) is 11.4. The summed E-state index contributed by atoms with van der Waals surface area (Å²) in [7, 11) is 0. The van der Waals surface area contributed by atoms with Gasteiger partial charge in [-0.15, -0.1) is 0 Å². The molecule has 0 saturated heterocycles. The quantitative estimate of drug-likeness (QED) is 0.537. The number of fused-ring (bicyclic) bond motifs is 3. The van der Waals surface area contributed by atoms with E-state index in [9.17, 15) is 0 Å². The summed E-state index contributed by atoms with van der Waals surface area (Å²) in [5.74, 6) is 0. The summed E-state index contributed by atoms with van der Waals surface area (Å²) < 4.78 is 4.38. The van der Waals surface area contributed by atoms with E-state index in [4.69, 9.17) is 12.2 Å². The third-order valence-electron chi connectivity index (χ3n) is 3.18. The predicted octanol–water partition coefficient (Wildman–Crippen LogP) is 3.34. The Bertz CT molecular complexity index is 930. The minimum Gasteiger partial charge on any atom is -0.268 e. The Hall–Kier alpha value is -2.40. The summed E-state index contributed by atoms with van der Waals surface area (Å²) in [6.07, 6.45) is 0. The molecule has 0 aliphatic heterocycles. The zero-order valence-electron chi connectivity index (χ0n) is 9.95. The monoisotopic (exact) mass is 266 g/mol. The minimum absolute atomic E-state index is 0.638. The van der Waals surface area contributed by atoms with Crippen LogP contribution < -0.4 is 0 Å². The largest absolute Gasteiger partial charge is 0.268 e. The lowest BCUT2D eigenvalue weighted by molar-refractivity contribution is 0.829. The standard InChI is InChI=1S/C14H10N4S/c19-14-16-18-13(11-8-4-5-9-12(11)15-18)17(14)10-6-2-1-3-7-10/h1-9H,(H,16,19). The van der Waals surface area contributed by atoms with Crippen molar-refractivity contribution in [2.24, 2.45) is 0 Å². The zero-order chi connectivity index (χ0) is 12.8. The summed E-state index contributed by atoms with van der Waals surface area (Å²) in [5, 5.41) is 8.68. The van der Waals surface area contributed by atoms with Crippen LogP contribution in [0, 0.1) is 4.77 Å². The fraction of sp³-hybridized carbons (Fsp3) is 0. The van der Waals surface area contributed by atoms with Crippen molar-refractivity contribution in [3.05, 3.63) is 59.4 Å². The van der Waals surface area contributed by atoms with E-state index in [0.29, 0.717) is 4.77 Å². The zero-order valence-corrected chi connectivity index (χ0v) is 10.8. The van der Waals surface area contributed by atoms with E-state index in [1.54, 1.807) is 4.63 Å². The van der Waals surface area contributed by atoms with Crippen LogP contribution >= 0.6 is 12.2 Å². The van der Waals surface area contributed by atoms with E-state index in [1.165, 1.54) is 0 Å². The van der Waals surface area contributed by atoms with E-state index < -0.39 is 0 Å². The number of para-hydroxylation sites is 1. The van der Waals surface area contributed by atoms with Crippen LogP contribution in [0.5, 0.6) is 0 Å². The molecule has 5 heteroatoms. The number of aromatic amines is 1. The lowest BCUT2D eigenvalue weighted by atomic mass is 10.2. The highest BCUT2D eigenvalue weighted by Gasteiger charge is 2.12. The summed E-state index contributed by atoms with van der Waals surface area (Å²) in [6.45, 7) is 0. The maximum Gasteiger partial charge on any atom is 0.200 e. The van der Waals surface area contributed by atoms with Crippen molar-refractivity contribution < 1.29 is 0 Å². The molecule has 0 bridgehead atoms. The summed E-state index contributed by atoms with van der Waals surface area (Å²) in [5.41, 5.74) is 2.95. The van der Waals surface area contributed by atoms with Gasteiger partial charge in [-0.25, -0.2) is 0 Å². The number of nitrogens with zero attached hydrogens (tertiary/aromatic N) is 3. The molecule has 0 aliphatic carbocycles. The Kier molecular flexibility index (Phi) is 2.10. The number of H-pyrrole nitrogens is 1. The van der Waals surface area contributed by atoms with E-state index in [2.05, 4.69) is 16.3 Å². The van der Waals surface area contributed by atoms with Crippen LogP contribution in [0.4, 0.5) is 0 Å². The fourth-order valence-corrected chi connectivity index (χ4v) is 2.64. The molecule has 92 valence electrons. The van der Waals surface area contributed by atoms with Crippen LogP contribution in [-0.2, 0) is 0 Å². The number of benzene rings is 2. The molecule has 4 aromatic rings. The first-order valence-electron chi connectivity index (χ1n) is 5.98. The van der Waals surface area contributed by atoms with Gasteiger partial charge in [0, 0.05) is 11.1 Å². The van der Waals surface area contributed by atoms with E-state index >= 15 is 0 Å². The Balaban J connectivity index is 2.20. The molecule has 2 aromatic carbocycles. The van der Waals surface area contributed by atoms with Gasteiger partial charge in [0.2, 0.25) is 0 Å². The Morgan fingerprint density at radius 2 is 1.68 bits per heavy atom. The summed E-state index contributed by atoms with van der Waals surface area (Å²) in [6, 6.07) is 18.1. The van der Waals surface area contributed by atoms with Gasteiger partial charge in [-0.05, 0) is 36.5 Å². The molecular weight excluding hydrogens is 256 g/mol. The van der Waals surface area contributed by atoms with Crippen LogP contribution in [-0.4, -0.2) is 19.4 Å². The Labute approximate surface area is 113 Å². The topological polar surface area (TPSA) is 38.0 Å². The molecule has 2 heterocycles. The molecule has 19 heavy (non-hydrogen) atoms. The van der Waals surface area contributed by atoms with Crippen molar-refractivity contribution in [3.8, 4) is 5.69 Å². The van der Waals surface area contributed by atoms with Gasteiger partial charge in [0.1, 0.15) is 0 Å². The van der Waals surface area contributed by atoms with Crippen LogP contribution in [0.25, 0.3) is 22.2 Å². The van der Waals surface area contributed by atoms with Crippen molar-refractivity contribution in [1.29, 1.82) is 0 Å². The van der Waals surface area contributed by atoms with Crippen LogP contribution in [0.3, 0.4) is 0 Å². The van der Waals surface area contributed by atoms with Crippen LogP contribution in [0.2, 0.25) is 0 Å². The van der Waals surface area contributed by atoms with E-state index in [1.807, 2.05) is 53.1 Å². The van der Waals surface area contributed by atoms with Gasteiger partial charge in [0.15, 0.2) is 10.4 Å². The predicted molar refractivity (Wildman–Crippen MR) is 77.2 cm³/mol. The number of hydrogen-bond acceptors (Lipinski definition) is 2. The molecule has 0 amide bonds. The molecule has 2 aromatic heterocycles. The molecule has 0 atom stereocenters. The smallest absolute Gasteiger partial charge is 0.200 e. The maximum atomic E-state index is 5.40. The third-order valence-corrected chi connectivity index (χ3v) is 3.46. The number of aromatic nitrogens is 4. The van der Waals surface area contributed by atoms with E-state index in [0.717, 1.165) is 22.2 Å². The van der Waals surface area contributed by atoms with Crippen molar-refractivity contribution in [2.75, 3.05) is 0 Å². The van der Waals surface area contributed by atoms with Gasteiger partial charge in [-0.1, -0.05) is 30.3 Å². The van der Waals surface area contributed by atoms with Gasteiger partial charge in [-0.2, -0.15) is 9.73 Å². The number of nitrogens with one attached hydrogen (secondary N) is 1. The number of hydrogen-bond donors (Lipinski definition) is 1. The first-order valence-corrected chi connectivity index (χ1v) is 6.39. The molecule has 0 radical (unpaired) electrons. The van der Waals surface area contributed by atoms with Gasteiger partial charge in [0.05, 0.1) is 5.52 Å². The van der Waals surface area contributed by atoms with Crippen LogP contribution in [0.1, 0.15) is 0 Å². The first-order chi connectivity index (χ1) is 9.34. The SMILES string of the molecule is S=c1[nH]n2nc3ccccc3c2n1-c1ccccc1. The highest BCUT2D eigenvalue weighted by atomic mass is 32.1. The fourth-order valence-electron chi connectivity index (χ4n) is 2.37.